The molecule has 104 valence electrons. The van der Waals surface area contributed by atoms with Crippen molar-refractivity contribution in [1.82, 2.24) is 4.57 Å². The number of nitrogens with zero attached hydrogens (tertiary/aromatic N) is 2. The molecular formula is C16H18FN3. The molecule has 2 rings (SSSR count). The molecule has 0 amide bonds. The fraction of sp³-hybridized carbons (Fsp3) is 0.312. The molecule has 0 fully saturated rings. The van der Waals surface area contributed by atoms with Crippen LogP contribution in [0.25, 0.3) is 0 Å². The van der Waals surface area contributed by atoms with Gasteiger partial charge in [-0.2, -0.15) is 5.26 Å². The molecule has 4 heteroatoms. The molecule has 2 N–H and O–H groups in total. The third-order valence-electron chi connectivity index (χ3n) is 3.37. The lowest BCUT2D eigenvalue weighted by molar-refractivity contribution is 0.623. The summed E-state index contributed by atoms with van der Waals surface area (Å²) in [5, 5.41) is 9.05. The van der Waals surface area contributed by atoms with Crippen LogP contribution in [0.15, 0.2) is 36.7 Å². The van der Waals surface area contributed by atoms with E-state index < -0.39 is 0 Å². The molecule has 2 aromatic rings. The molecule has 1 unspecified atom stereocenters. The highest BCUT2D eigenvalue weighted by Crippen LogP contribution is 2.14. The van der Waals surface area contributed by atoms with E-state index in [1.807, 2.05) is 23.0 Å². The fourth-order valence-corrected chi connectivity index (χ4v) is 2.16. The normalized spacial score (nSPS) is 12.1. The van der Waals surface area contributed by atoms with Crippen LogP contribution < -0.4 is 5.73 Å². The van der Waals surface area contributed by atoms with E-state index in [9.17, 15) is 4.39 Å². The van der Waals surface area contributed by atoms with Gasteiger partial charge in [-0.1, -0.05) is 6.92 Å². The van der Waals surface area contributed by atoms with Gasteiger partial charge in [-0.05, 0) is 48.2 Å². The number of halogens is 1. The number of nitrogens with two attached hydrogens (primary N) is 1. The first-order valence-electron chi connectivity index (χ1n) is 6.71. The molecule has 1 aromatic heterocycles. The topological polar surface area (TPSA) is 54.7 Å². The number of nitriles is 1. The van der Waals surface area contributed by atoms with Crippen LogP contribution >= 0.6 is 0 Å². The number of hydrogen-bond acceptors (Lipinski definition) is 2. The van der Waals surface area contributed by atoms with Gasteiger partial charge < -0.3 is 10.3 Å². The number of aromatic nitrogens is 1. The van der Waals surface area contributed by atoms with Gasteiger partial charge in [0.2, 0.25) is 0 Å². The molecule has 1 atom stereocenters. The molecule has 0 aliphatic rings. The minimum Gasteiger partial charge on any atom is -0.350 e. The van der Waals surface area contributed by atoms with Crippen molar-refractivity contribution < 1.29 is 4.39 Å². The minimum atomic E-state index is -0.320. The SMILES string of the molecule is CCC(N)Cc1ccn(Cc2cc(F)ccc2C#N)c1. The van der Waals surface area contributed by atoms with Crippen molar-refractivity contribution in [1.29, 1.82) is 5.26 Å². The van der Waals surface area contributed by atoms with E-state index in [1.54, 1.807) is 0 Å². The highest BCUT2D eigenvalue weighted by molar-refractivity contribution is 5.38. The molecule has 0 saturated heterocycles. The quantitative estimate of drug-likeness (QED) is 0.909. The van der Waals surface area contributed by atoms with Crippen molar-refractivity contribution >= 4 is 0 Å². The molecule has 0 bridgehead atoms. The molecule has 0 radical (unpaired) electrons. The minimum absolute atomic E-state index is 0.162. The lowest BCUT2D eigenvalue weighted by Gasteiger charge is -2.07. The van der Waals surface area contributed by atoms with Gasteiger partial charge in [0.15, 0.2) is 0 Å². The Morgan fingerprint density at radius 3 is 2.90 bits per heavy atom. The van der Waals surface area contributed by atoms with Crippen LogP contribution in [0.5, 0.6) is 0 Å². The number of benzene rings is 1. The van der Waals surface area contributed by atoms with E-state index in [0.29, 0.717) is 17.7 Å². The van der Waals surface area contributed by atoms with Gasteiger partial charge in [0.1, 0.15) is 5.82 Å². The summed E-state index contributed by atoms with van der Waals surface area (Å²) in [6, 6.07) is 8.51. The summed E-state index contributed by atoms with van der Waals surface area (Å²) in [5.41, 5.74) is 8.29. The molecule has 0 aliphatic heterocycles. The largest absolute Gasteiger partial charge is 0.350 e. The van der Waals surface area contributed by atoms with Crippen LogP contribution in [0.3, 0.4) is 0 Å². The van der Waals surface area contributed by atoms with E-state index in [1.165, 1.54) is 18.2 Å². The van der Waals surface area contributed by atoms with Crippen molar-refractivity contribution in [3.8, 4) is 6.07 Å². The van der Waals surface area contributed by atoms with E-state index in [2.05, 4.69) is 13.0 Å². The van der Waals surface area contributed by atoms with Crippen molar-refractivity contribution in [3.63, 3.8) is 0 Å². The van der Waals surface area contributed by atoms with Crippen LogP contribution in [-0.2, 0) is 13.0 Å². The van der Waals surface area contributed by atoms with Crippen LogP contribution in [0.2, 0.25) is 0 Å². The summed E-state index contributed by atoms with van der Waals surface area (Å²) in [7, 11) is 0. The Kier molecular flexibility index (Phi) is 4.54. The second-order valence-electron chi connectivity index (χ2n) is 4.98. The monoisotopic (exact) mass is 271 g/mol. The van der Waals surface area contributed by atoms with E-state index in [4.69, 9.17) is 11.0 Å². The van der Waals surface area contributed by atoms with Gasteiger partial charge in [0, 0.05) is 25.0 Å². The highest BCUT2D eigenvalue weighted by atomic mass is 19.1. The summed E-state index contributed by atoms with van der Waals surface area (Å²) in [6.07, 6.45) is 5.71. The fourth-order valence-electron chi connectivity index (χ4n) is 2.16. The second-order valence-corrected chi connectivity index (χ2v) is 4.98. The molecule has 3 nitrogen and oxygen atoms in total. The van der Waals surface area contributed by atoms with Gasteiger partial charge in [-0.3, -0.25) is 0 Å². The average Bonchev–Trinajstić information content (AvgIpc) is 2.86. The number of rotatable bonds is 5. The molecule has 0 saturated carbocycles. The molecule has 1 aromatic carbocycles. The van der Waals surface area contributed by atoms with E-state index in [0.717, 1.165) is 18.4 Å². The van der Waals surface area contributed by atoms with Crippen LogP contribution in [0.4, 0.5) is 4.39 Å². The standard InChI is InChI=1S/C16H18FN3/c1-2-16(19)7-12-5-6-20(10-12)11-14-8-15(17)4-3-13(14)9-18/h3-6,8,10,16H,2,7,11,19H2,1H3. The summed E-state index contributed by atoms with van der Waals surface area (Å²) < 4.78 is 15.2. The lowest BCUT2D eigenvalue weighted by atomic mass is 10.1. The van der Waals surface area contributed by atoms with E-state index in [-0.39, 0.29) is 11.9 Å². The maximum Gasteiger partial charge on any atom is 0.123 e. The Balaban J connectivity index is 2.15. The van der Waals surface area contributed by atoms with Crippen LogP contribution in [0, 0.1) is 17.1 Å². The Bertz CT molecular complexity index is 625. The van der Waals surface area contributed by atoms with Crippen molar-refractivity contribution in [2.75, 3.05) is 0 Å². The van der Waals surface area contributed by atoms with Crippen molar-refractivity contribution in [2.24, 2.45) is 5.73 Å². The van der Waals surface area contributed by atoms with Crippen molar-refractivity contribution in [2.45, 2.75) is 32.4 Å². The number of hydrogen-bond donors (Lipinski definition) is 1. The van der Waals surface area contributed by atoms with Crippen LogP contribution in [0.1, 0.15) is 30.0 Å². The Hall–Kier alpha value is -2.12. The Labute approximate surface area is 118 Å². The maximum absolute atomic E-state index is 13.3. The molecule has 0 spiro atoms. The van der Waals surface area contributed by atoms with Gasteiger partial charge in [-0.25, -0.2) is 4.39 Å². The Morgan fingerprint density at radius 2 is 2.20 bits per heavy atom. The predicted molar refractivity (Wildman–Crippen MR) is 76.6 cm³/mol. The third kappa shape index (κ3) is 3.46. The third-order valence-corrected chi connectivity index (χ3v) is 3.37. The summed E-state index contributed by atoms with van der Waals surface area (Å²) in [5.74, 6) is -0.320. The molecule has 1 heterocycles. The first-order valence-corrected chi connectivity index (χ1v) is 6.71. The zero-order chi connectivity index (χ0) is 14.5. The van der Waals surface area contributed by atoms with E-state index >= 15 is 0 Å². The first-order chi connectivity index (χ1) is 9.62. The van der Waals surface area contributed by atoms with Gasteiger partial charge in [0.05, 0.1) is 11.6 Å². The lowest BCUT2D eigenvalue weighted by Crippen LogP contribution is -2.21. The molecular weight excluding hydrogens is 253 g/mol. The maximum atomic E-state index is 13.3. The zero-order valence-electron chi connectivity index (χ0n) is 11.5. The summed E-state index contributed by atoms with van der Waals surface area (Å²) >= 11 is 0. The second kappa shape index (κ2) is 6.36. The molecule has 20 heavy (non-hydrogen) atoms. The molecule has 0 aliphatic carbocycles. The summed E-state index contributed by atoms with van der Waals surface area (Å²) in [4.78, 5) is 0. The van der Waals surface area contributed by atoms with Gasteiger partial charge >= 0.3 is 0 Å². The van der Waals surface area contributed by atoms with Crippen molar-refractivity contribution in [3.05, 3.63) is 59.2 Å². The summed E-state index contributed by atoms with van der Waals surface area (Å²) in [6.45, 7) is 2.55. The Morgan fingerprint density at radius 1 is 1.40 bits per heavy atom. The van der Waals surface area contributed by atoms with Crippen LogP contribution in [-0.4, -0.2) is 10.6 Å². The van der Waals surface area contributed by atoms with Gasteiger partial charge in [-0.15, -0.1) is 0 Å². The zero-order valence-corrected chi connectivity index (χ0v) is 11.5. The smallest absolute Gasteiger partial charge is 0.123 e. The average molecular weight is 271 g/mol. The predicted octanol–water partition coefficient (Wildman–Crippen LogP) is 2.83. The van der Waals surface area contributed by atoms with Gasteiger partial charge in [0.25, 0.3) is 0 Å². The first kappa shape index (κ1) is 14.3. The highest BCUT2D eigenvalue weighted by Gasteiger charge is 2.07.